The molecule has 0 aliphatic rings. The van der Waals surface area contributed by atoms with E-state index in [-0.39, 0.29) is 29.3 Å². The number of carboxylic acids is 1. The topological polar surface area (TPSA) is 152 Å². The number of nitrogens with zero attached hydrogens (tertiary/aromatic N) is 4. The largest absolute Gasteiger partial charge is 0.478 e. The maximum absolute atomic E-state index is 12.3. The molecule has 4 aromatic rings. The number of fused-ring (bicyclic) bond motifs is 1. The highest BCUT2D eigenvalue weighted by atomic mass is 16.5. The van der Waals surface area contributed by atoms with Crippen molar-refractivity contribution in [1.82, 2.24) is 25.0 Å². The maximum Gasteiger partial charge on any atom is 0.414 e. The summed E-state index contributed by atoms with van der Waals surface area (Å²) in [5, 5.41) is 19.6. The number of carbonyl (C=O) groups is 2. The van der Waals surface area contributed by atoms with Gasteiger partial charge >= 0.3 is 12.1 Å². The molecule has 1 amide bonds. The summed E-state index contributed by atoms with van der Waals surface area (Å²) in [6, 6.07) is 15.0. The van der Waals surface area contributed by atoms with Gasteiger partial charge in [-0.2, -0.15) is 4.98 Å². The van der Waals surface area contributed by atoms with Gasteiger partial charge in [0.25, 0.3) is 5.56 Å². The number of aromatic nitrogens is 5. The number of hydrogen-bond donors (Lipinski definition) is 3. The van der Waals surface area contributed by atoms with Gasteiger partial charge in [0.15, 0.2) is 5.52 Å². The fourth-order valence-electron chi connectivity index (χ4n) is 2.62. The third-order valence-electron chi connectivity index (χ3n) is 4.02. The Labute approximate surface area is 167 Å². The summed E-state index contributed by atoms with van der Waals surface area (Å²) in [4.78, 5) is 42.9. The fraction of sp³-hybridized carbons (Fsp3) is 0.0526. The SMILES string of the molecule is O=C(Nc1nc2nn(-c3cccc(C(=O)O)c3)nc2c(=O)[nH]1)OCc1ccccc1. The molecule has 4 rings (SSSR count). The number of aromatic carboxylic acids is 1. The van der Waals surface area contributed by atoms with Crippen molar-refractivity contribution in [3.63, 3.8) is 0 Å². The van der Waals surface area contributed by atoms with E-state index in [2.05, 4.69) is 25.5 Å². The minimum absolute atomic E-state index is 0.0298. The standard InChI is InChI=1S/C19H14N6O5/c26-16-14-15(24-25(23-14)13-8-4-7-12(9-13)17(27)28)20-18(21-16)22-19(29)30-10-11-5-2-1-3-6-11/h1-9H,10H2,(H,27,28)(H2,20,21,22,24,26,29). The van der Waals surface area contributed by atoms with Crippen LogP contribution in [0.25, 0.3) is 16.9 Å². The predicted molar refractivity (Wildman–Crippen MR) is 104 cm³/mol. The van der Waals surface area contributed by atoms with E-state index in [1.54, 1.807) is 18.2 Å². The average molecular weight is 406 g/mol. The number of amides is 1. The van der Waals surface area contributed by atoms with Crippen molar-refractivity contribution in [2.24, 2.45) is 0 Å². The van der Waals surface area contributed by atoms with Crippen LogP contribution in [0, 0.1) is 0 Å². The molecule has 30 heavy (non-hydrogen) atoms. The molecule has 0 spiro atoms. The highest BCUT2D eigenvalue weighted by Gasteiger charge is 2.14. The van der Waals surface area contributed by atoms with E-state index in [9.17, 15) is 14.4 Å². The lowest BCUT2D eigenvalue weighted by molar-refractivity contribution is 0.0696. The number of aromatic amines is 1. The smallest absolute Gasteiger partial charge is 0.414 e. The number of rotatable bonds is 5. The molecule has 0 atom stereocenters. The van der Waals surface area contributed by atoms with E-state index in [0.29, 0.717) is 5.69 Å². The van der Waals surface area contributed by atoms with Gasteiger partial charge in [-0.25, -0.2) is 9.59 Å². The summed E-state index contributed by atoms with van der Waals surface area (Å²) in [6.07, 6.45) is -0.803. The van der Waals surface area contributed by atoms with Crippen LogP contribution in [-0.2, 0) is 11.3 Å². The van der Waals surface area contributed by atoms with Crippen LogP contribution in [0.3, 0.4) is 0 Å². The lowest BCUT2D eigenvalue weighted by atomic mass is 10.2. The minimum atomic E-state index is -1.11. The molecule has 0 radical (unpaired) electrons. The number of benzene rings is 2. The molecule has 2 aromatic heterocycles. The van der Waals surface area contributed by atoms with E-state index < -0.39 is 17.6 Å². The summed E-state index contributed by atoms with van der Waals surface area (Å²) in [5.74, 6) is -1.26. The van der Waals surface area contributed by atoms with Gasteiger partial charge in [0, 0.05) is 0 Å². The Morgan fingerprint density at radius 2 is 1.90 bits per heavy atom. The number of hydrogen-bond acceptors (Lipinski definition) is 7. The van der Waals surface area contributed by atoms with Gasteiger partial charge in [-0.3, -0.25) is 15.1 Å². The first-order valence-corrected chi connectivity index (χ1v) is 8.68. The highest BCUT2D eigenvalue weighted by Crippen LogP contribution is 2.12. The zero-order valence-corrected chi connectivity index (χ0v) is 15.3. The summed E-state index contributed by atoms with van der Waals surface area (Å²) in [6.45, 7) is 0.0508. The zero-order valence-electron chi connectivity index (χ0n) is 15.3. The predicted octanol–water partition coefficient (Wildman–Crippen LogP) is 1.95. The summed E-state index contributed by atoms with van der Waals surface area (Å²) < 4.78 is 5.09. The van der Waals surface area contributed by atoms with Crippen molar-refractivity contribution in [1.29, 1.82) is 0 Å². The van der Waals surface area contributed by atoms with Gasteiger partial charge in [0.1, 0.15) is 6.61 Å². The van der Waals surface area contributed by atoms with Crippen LogP contribution in [-0.4, -0.2) is 42.1 Å². The minimum Gasteiger partial charge on any atom is -0.478 e. The van der Waals surface area contributed by atoms with Crippen molar-refractivity contribution >= 4 is 29.2 Å². The second kappa shape index (κ2) is 7.83. The quantitative estimate of drug-likeness (QED) is 0.455. The summed E-state index contributed by atoms with van der Waals surface area (Å²) >= 11 is 0. The van der Waals surface area contributed by atoms with Crippen LogP contribution in [0.2, 0.25) is 0 Å². The number of ether oxygens (including phenoxy) is 1. The van der Waals surface area contributed by atoms with E-state index in [1.165, 1.54) is 18.2 Å². The Morgan fingerprint density at radius 1 is 1.10 bits per heavy atom. The lowest BCUT2D eigenvalue weighted by Crippen LogP contribution is -2.19. The molecular weight excluding hydrogens is 392 g/mol. The number of H-pyrrole nitrogens is 1. The van der Waals surface area contributed by atoms with Crippen LogP contribution in [0.5, 0.6) is 0 Å². The molecule has 11 heteroatoms. The van der Waals surface area contributed by atoms with Crippen molar-refractivity contribution in [3.05, 3.63) is 76.1 Å². The first-order chi connectivity index (χ1) is 14.5. The first kappa shape index (κ1) is 18.8. The number of nitrogens with one attached hydrogen (secondary N) is 2. The van der Waals surface area contributed by atoms with Crippen molar-refractivity contribution < 1.29 is 19.4 Å². The fourth-order valence-corrected chi connectivity index (χ4v) is 2.62. The second-order valence-corrected chi connectivity index (χ2v) is 6.12. The van der Waals surface area contributed by atoms with Crippen LogP contribution < -0.4 is 10.9 Å². The third kappa shape index (κ3) is 3.99. The van der Waals surface area contributed by atoms with E-state index >= 15 is 0 Å². The lowest BCUT2D eigenvalue weighted by Gasteiger charge is -2.05. The Bertz CT molecular complexity index is 1300. The second-order valence-electron chi connectivity index (χ2n) is 6.12. The number of carbonyl (C=O) groups excluding carboxylic acids is 1. The Balaban J connectivity index is 1.55. The molecule has 2 aromatic carbocycles. The Kier molecular flexibility index (Phi) is 4.91. The molecule has 0 unspecified atom stereocenters. The van der Waals surface area contributed by atoms with Gasteiger partial charge in [0.2, 0.25) is 11.6 Å². The summed E-state index contributed by atoms with van der Waals surface area (Å²) in [7, 11) is 0. The Hall–Kier alpha value is -4.54. The molecule has 0 saturated heterocycles. The number of carboxylic acid groups (broad SMARTS) is 1. The molecule has 0 bridgehead atoms. The van der Waals surface area contributed by atoms with Crippen LogP contribution in [0.15, 0.2) is 59.4 Å². The monoisotopic (exact) mass is 406 g/mol. The Morgan fingerprint density at radius 3 is 2.67 bits per heavy atom. The van der Waals surface area contributed by atoms with Crippen molar-refractivity contribution in [2.75, 3.05) is 5.32 Å². The molecule has 150 valence electrons. The van der Waals surface area contributed by atoms with E-state index in [1.807, 2.05) is 18.2 Å². The van der Waals surface area contributed by atoms with Gasteiger partial charge in [-0.1, -0.05) is 36.4 Å². The van der Waals surface area contributed by atoms with E-state index in [4.69, 9.17) is 9.84 Å². The molecule has 0 aliphatic carbocycles. The maximum atomic E-state index is 12.3. The third-order valence-corrected chi connectivity index (χ3v) is 4.02. The molecule has 0 aliphatic heterocycles. The molecular formula is C19H14N6O5. The van der Waals surface area contributed by atoms with Crippen LogP contribution in [0.1, 0.15) is 15.9 Å². The van der Waals surface area contributed by atoms with Crippen LogP contribution >= 0.6 is 0 Å². The van der Waals surface area contributed by atoms with Crippen molar-refractivity contribution in [2.45, 2.75) is 6.61 Å². The van der Waals surface area contributed by atoms with E-state index in [0.717, 1.165) is 10.4 Å². The molecule has 0 fully saturated rings. The van der Waals surface area contributed by atoms with Crippen LogP contribution in [0.4, 0.5) is 10.7 Å². The first-order valence-electron chi connectivity index (χ1n) is 8.68. The normalized spacial score (nSPS) is 10.7. The van der Waals surface area contributed by atoms with Crippen molar-refractivity contribution in [3.8, 4) is 5.69 Å². The van der Waals surface area contributed by atoms with Gasteiger partial charge < -0.3 is 9.84 Å². The number of anilines is 1. The summed E-state index contributed by atoms with van der Waals surface area (Å²) in [5.41, 5.74) is 0.454. The van der Waals surface area contributed by atoms with Gasteiger partial charge in [0.05, 0.1) is 11.3 Å². The van der Waals surface area contributed by atoms with Gasteiger partial charge in [-0.05, 0) is 23.8 Å². The molecule has 11 nitrogen and oxygen atoms in total. The molecule has 3 N–H and O–H groups in total. The molecule has 2 heterocycles. The zero-order chi connectivity index (χ0) is 21.1. The van der Waals surface area contributed by atoms with Gasteiger partial charge in [-0.15, -0.1) is 15.0 Å². The molecule has 0 saturated carbocycles. The average Bonchev–Trinajstić information content (AvgIpc) is 3.18. The highest BCUT2D eigenvalue weighted by molar-refractivity contribution is 5.88.